The SMILES string of the molecule is Nc1nnnn1CCNC(=O)C1CC1. The predicted molar refractivity (Wildman–Crippen MR) is 48.0 cm³/mol. The third-order valence-corrected chi connectivity index (χ3v) is 2.13. The van der Waals surface area contributed by atoms with Crippen molar-refractivity contribution in [3.8, 4) is 0 Å². The molecule has 2 rings (SSSR count). The molecule has 14 heavy (non-hydrogen) atoms. The fraction of sp³-hybridized carbons (Fsp3) is 0.714. The topological polar surface area (TPSA) is 98.7 Å². The summed E-state index contributed by atoms with van der Waals surface area (Å²) in [5.41, 5.74) is 5.44. The van der Waals surface area contributed by atoms with Crippen LogP contribution in [0, 0.1) is 5.92 Å². The minimum absolute atomic E-state index is 0.122. The molecule has 1 fully saturated rings. The van der Waals surface area contributed by atoms with E-state index >= 15 is 0 Å². The first-order valence-corrected chi connectivity index (χ1v) is 4.56. The summed E-state index contributed by atoms with van der Waals surface area (Å²) in [4.78, 5) is 11.2. The quantitative estimate of drug-likeness (QED) is 0.629. The van der Waals surface area contributed by atoms with E-state index in [2.05, 4.69) is 20.8 Å². The standard InChI is InChI=1S/C7H12N6O/c8-7-10-11-12-13(7)4-3-9-6(14)5-1-2-5/h5H,1-4H2,(H,9,14)(H2,8,10,12). The average molecular weight is 196 g/mol. The number of amides is 1. The van der Waals surface area contributed by atoms with E-state index in [1.165, 1.54) is 4.68 Å². The minimum atomic E-state index is 0.122. The number of anilines is 1. The molecule has 0 radical (unpaired) electrons. The van der Waals surface area contributed by atoms with Crippen LogP contribution < -0.4 is 11.1 Å². The number of carbonyl (C=O) groups is 1. The van der Waals surface area contributed by atoms with Crippen LogP contribution in [-0.2, 0) is 11.3 Å². The maximum absolute atomic E-state index is 11.2. The van der Waals surface area contributed by atoms with E-state index in [-0.39, 0.29) is 17.8 Å². The van der Waals surface area contributed by atoms with Crippen molar-refractivity contribution in [2.24, 2.45) is 5.92 Å². The van der Waals surface area contributed by atoms with Gasteiger partial charge in [0.15, 0.2) is 0 Å². The Morgan fingerprint density at radius 1 is 1.64 bits per heavy atom. The van der Waals surface area contributed by atoms with Crippen molar-refractivity contribution in [3.63, 3.8) is 0 Å². The number of hydrogen-bond acceptors (Lipinski definition) is 5. The van der Waals surface area contributed by atoms with E-state index < -0.39 is 0 Å². The lowest BCUT2D eigenvalue weighted by Crippen LogP contribution is -2.28. The number of nitrogens with zero attached hydrogens (tertiary/aromatic N) is 4. The smallest absolute Gasteiger partial charge is 0.240 e. The van der Waals surface area contributed by atoms with Gasteiger partial charge < -0.3 is 11.1 Å². The lowest BCUT2D eigenvalue weighted by Gasteiger charge is -2.03. The lowest BCUT2D eigenvalue weighted by molar-refractivity contribution is -0.122. The van der Waals surface area contributed by atoms with Crippen LogP contribution in [0.5, 0.6) is 0 Å². The second-order valence-electron chi connectivity index (χ2n) is 3.33. The molecule has 3 N–H and O–H groups in total. The monoisotopic (exact) mass is 196 g/mol. The highest BCUT2D eigenvalue weighted by molar-refractivity contribution is 5.80. The Morgan fingerprint density at radius 2 is 2.43 bits per heavy atom. The van der Waals surface area contributed by atoms with Gasteiger partial charge in [0.2, 0.25) is 11.9 Å². The van der Waals surface area contributed by atoms with E-state index in [0.717, 1.165) is 12.8 Å². The Hall–Kier alpha value is -1.66. The van der Waals surface area contributed by atoms with Crippen LogP contribution in [-0.4, -0.2) is 32.7 Å². The second-order valence-corrected chi connectivity index (χ2v) is 3.33. The highest BCUT2D eigenvalue weighted by Crippen LogP contribution is 2.28. The summed E-state index contributed by atoms with van der Waals surface area (Å²) < 4.78 is 1.45. The molecular weight excluding hydrogens is 184 g/mol. The Labute approximate surface area is 80.6 Å². The van der Waals surface area contributed by atoms with Crippen LogP contribution in [0.4, 0.5) is 5.95 Å². The molecule has 0 aliphatic heterocycles. The fourth-order valence-corrected chi connectivity index (χ4v) is 1.15. The van der Waals surface area contributed by atoms with Gasteiger partial charge in [0.05, 0.1) is 6.54 Å². The van der Waals surface area contributed by atoms with E-state index in [4.69, 9.17) is 5.73 Å². The second kappa shape index (κ2) is 3.60. The maximum atomic E-state index is 11.2. The van der Waals surface area contributed by atoms with Gasteiger partial charge in [-0.3, -0.25) is 4.79 Å². The zero-order valence-electron chi connectivity index (χ0n) is 7.68. The summed E-state index contributed by atoms with van der Waals surface area (Å²) in [7, 11) is 0. The molecule has 1 aliphatic carbocycles. The van der Waals surface area contributed by atoms with Gasteiger partial charge >= 0.3 is 0 Å². The summed E-state index contributed by atoms with van der Waals surface area (Å²) in [6.07, 6.45) is 2.03. The fourth-order valence-electron chi connectivity index (χ4n) is 1.15. The summed E-state index contributed by atoms with van der Waals surface area (Å²) in [6, 6.07) is 0. The number of nitrogens with one attached hydrogen (secondary N) is 1. The number of nitrogens with two attached hydrogens (primary N) is 1. The summed E-state index contributed by atoms with van der Waals surface area (Å²) in [5.74, 6) is 0.628. The van der Waals surface area contributed by atoms with Gasteiger partial charge in [0.1, 0.15) is 0 Å². The number of carbonyl (C=O) groups excluding carboxylic acids is 1. The van der Waals surface area contributed by atoms with Crippen molar-refractivity contribution in [1.82, 2.24) is 25.5 Å². The molecule has 0 unspecified atom stereocenters. The molecule has 1 aliphatic rings. The molecule has 1 aromatic heterocycles. The molecule has 76 valence electrons. The summed E-state index contributed by atoms with van der Waals surface area (Å²) in [5, 5.41) is 13.4. The zero-order chi connectivity index (χ0) is 9.97. The molecule has 0 aromatic carbocycles. The van der Waals surface area contributed by atoms with Crippen molar-refractivity contribution < 1.29 is 4.79 Å². The van der Waals surface area contributed by atoms with Crippen molar-refractivity contribution in [1.29, 1.82) is 0 Å². The van der Waals surface area contributed by atoms with Gasteiger partial charge in [-0.05, 0) is 23.3 Å². The lowest BCUT2D eigenvalue weighted by atomic mass is 10.4. The molecule has 7 nitrogen and oxygen atoms in total. The first kappa shape index (κ1) is 8.92. The van der Waals surface area contributed by atoms with Gasteiger partial charge in [0, 0.05) is 12.5 Å². The van der Waals surface area contributed by atoms with Gasteiger partial charge in [0.25, 0.3) is 0 Å². The van der Waals surface area contributed by atoms with Crippen LogP contribution >= 0.6 is 0 Å². The Kier molecular flexibility index (Phi) is 2.30. The summed E-state index contributed by atoms with van der Waals surface area (Å²) in [6.45, 7) is 1.03. The third-order valence-electron chi connectivity index (χ3n) is 2.13. The van der Waals surface area contributed by atoms with Gasteiger partial charge in [-0.25, -0.2) is 4.68 Å². The van der Waals surface area contributed by atoms with E-state index in [1.54, 1.807) is 0 Å². The molecule has 1 amide bonds. The molecule has 0 bridgehead atoms. The highest BCUT2D eigenvalue weighted by Gasteiger charge is 2.29. The third kappa shape index (κ3) is 1.98. The van der Waals surface area contributed by atoms with Gasteiger partial charge in [-0.15, -0.1) is 0 Å². The van der Waals surface area contributed by atoms with Crippen molar-refractivity contribution in [2.75, 3.05) is 12.3 Å². The highest BCUT2D eigenvalue weighted by atomic mass is 16.2. The maximum Gasteiger partial charge on any atom is 0.240 e. The number of rotatable bonds is 4. The molecule has 0 atom stereocenters. The van der Waals surface area contributed by atoms with Crippen LogP contribution in [0.2, 0.25) is 0 Å². The molecule has 0 spiro atoms. The normalized spacial score (nSPS) is 15.4. The Bertz CT molecular complexity index is 331. The largest absolute Gasteiger partial charge is 0.367 e. The van der Waals surface area contributed by atoms with Crippen molar-refractivity contribution in [3.05, 3.63) is 0 Å². The van der Waals surface area contributed by atoms with Gasteiger partial charge in [-0.1, -0.05) is 5.10 Å². The Morgan fingerprint density at radius 3 is 3.00 bits per heavy atom. The predicted octanol–water partition coefficient (Wildman–Crippen LogP) is -1.22. The van der Waals surface area contributed by atoms with E-state index in [1.807, 2.05) is 0 Å². The van der Waals surface area contributed by atoms with Crippen LogP contribution in [0.1, 0.15) is 12.8 Å². The van der Waals surface area contributed by atoms with E-state index in [0.29, 0.717) is 13.1 Å². The first-order chi connectivity index (χ1) is 6.77. The minimum Gasteiger partial charge on any atom is -0.367 e. The van der Waals surface area contributed by atoms with Crippen molar-refractivity contribution in [2.45, 2.75) is 19.4 Å². The number of aromatic nitrogens is 4. The van der Waals surface area contributed by atoms with Gasteiger partial charge in [-0.2, -0.15) is 0 Å². The molecular formula is C7H12N6O. The number of hydrogen-bond donors (Lipinski definition) is 2. The molecule has 1 heterocycles. The van der Waals surface area contributed by atoms with Crippen LogP contribution in [0.3, 0.4) is 0 Å². The molecule has 1 saturated carbocycles. The van der Waals surface area contributed by atoms with E-state index in [9.17, 15) is 4.79 Å². The molecule has 0 saturated heterocycles. The number of tetrazole rings is 1. The van der Waals surface area contributed by atoms with Crippen LogP contribution in [0.25, 0.3) is 0 Å². The Balaban J connectivity index is 1.72. The number of nitrogen functional groups attached to an aromatic ring is 1. The van der Waals surface area contributed by atoms with Crippen LogP contribution in [0.15, 0.2) is 0 Å². The average Bonchev–Trinajstić information content (AvgIpc) is 2.93. The molecule has 1 aromatic rings. The van der Waals surface area contributed by atoms with Crippen molar-refractivity contribution >= 4 is 11.9 Å². The molecule has 7 heteroatoms. The summed E-state index contributed by atoms with van der Waals surface area (Å²) >= 11 is 0. The zero-order valence-corrected chi connectivity index (χ0v) is 7.68. The first-order valence-electron chi connectivity index (χ1n) is 4.56.